The molecule has 2 atom stereocenters. The normalized spacial score (nSPS) is 20.3. The van der Waals surface area contributed by atoms with Gasteiger partial charge in [0.15, 0.2) is 0 Å². The molecule has 1 aliphatic carbocycles. The van der Waals surface area contributed by atoms with E-state index in [4.69, 9.17) is 17.3 Å². The van der Waals surface area contributed by atoms with Crippen LogP contribution in [-0.2, 0) is 0 Å². The van der Waals surface area contributed by atoms with E-state index in [0.717, 1.165) is 30.2 Å². The fourth-order valence-electron chi connectivity index (χ4n) is 3.80. The van der Waals surface area contributed by atoms with Crippen molar-refractivity contribution in [1.82, 2.24) is 14.5 Å². The lowest BCUT2D eigenvalue weighted by Crippen LogP contribution is -2.17. The summed E-state index contributed by atoms with van der Waals surface area (Å²) < 4.78 is 43.4. The molecule has 1 fully saturated rings. The first-order chi connectivity index (χ1) is 12.8. The molecule has 0 spiro atoms. The summed E-state index contributed by atoms with van der Waals surface area (Å²) in [5, 5.41) is 0.829. The molecule has 2 aromatic heterocycles. The summed E-state index contributed by atoms with van der Waals surface area (Å²) in [6, 6.07) is 8.20. The Morgan fingerprint density at radius 3 is 2.78 bits per heavy atom. The molecule has 0 saturated heterocycles. The molecule has 0 amide bonds. The van der Waals surface area contributed by atoms with Gasteiger partial charge in [0.2, 0.25) is 5.28 Å². The Morgan fingerprint density at radius 1 is 1.19 bits per heavy atom. The maximum Gasteiger partial charge on any atom is 0.573 e. The maximum atomic E-state index is 12.5. The summed E-state index contributed by atoms with van der Waals surface area (Å²) >= 11 is 5.93. The smallest absolute Gasteiger partial charge is 0.406 e. The summed E-state index contributed by atoms with van der Waals surface area (Å²) in [4.78, 5) is 8.24. The lowest BCUT2D eigenvalue weighted by atomic mass is 9.97. The number of hydrogen-bond acceptors (Lipinski definition) is 4. The number of halogens is 4. The van der Waals surface area contributed by atoms with Gasteiger partial charge >= 0.3 is 6.36 Å². The third kappa shape index (κ3) is 3.66. The van der Waals surface area contributed by atoms with Crippen LogP contribution in [0.3, 0.4) is 0 Å². The molecular formula is C18H16ClF3N4O. The number of aromatic nitrogens is 3. The zero-order chi connectivity index (χ0) is 19.2. The molecule has 142 valence electrons. The summed E-state index contributed by atoms with van der Waals surface area (Å²) in [5.41, 5.74) is 7.41. The Balaban J connectivity index is 1.57. The van der Waals surface area contributed by atoms with Crippen molar-refractivity contribution in [2.45, 2.75) is 37.6 Å². The average Bonchev–Trinajstić information content (AvgIpc) is 3.20. The molecule has 0 bridgehead atoms. The van der Waals surface area contributed by atoms with Gasteiger partial charge in [-0.25, -0.2) is 4.98 Å². The second-order valence-electron chi connectivity index (χ2n) is 6.62. The van der Waals surface area contributed by atoms with Crippen molar-refractivity contribution >= 4 is 28.5 Å². The van der Waals surface area contributed by atoms with Gasteiger partial charge in [0.1, 0.15) is 17.2 Å². The fraction of sp³-hybridized carbons (Fsp3) is 0.333. The van der Waals surface area contributed by atoms with Crippen LogP contribution in [0.5, 0.6) is 5.75 Å². The van der Waals surface area contributed by atoms with Crippen LogP contribution in [-0.4, -0.2) is 20.9 Å². The summed E-state index contributed by atoms with van der Waals surface area (Å²) in [6.07, 6.45) is -0.280. The number of nitrogen functional groups attached to an aromatic ring is 1. The van der Waals surface area contributed by atoms with Crippen molar-refractivity contribution in [3.63, 3.8) is 0 Å². The van der Waals surface area contributed by atoms with Crippen molar-refractivity contribution < 1.29 is 17.9 Å². The molecule has 4 rings (SSSR count). The van der Waals surface area contributed by atoms with E-state index in [9.17, 15) is 13.2 Å². The van der Waals surface area contributed by atoms with Gasteiger partial charge < -0.3 is 15.0 Å². The molecule has 3 aromatic rings. The van der Waals surface area contributed by atoms with Crippen molar-refractivity contribution in [3.8, 4) is 5.75 Å². The van der Waals surface area contributed by atoms with Gasteiger partial charge in [-0.1, -0.05) is 12.1 Å². The van der Waals surface area contributed by atoms with E-state index in [2.05, 4.69) is 14.7 Å². The summed E-state index contributed by atoms with van der Waals surface area (Å²) in [6.45, 7) is 0. The molecule has 1 aliphatic rings. The van der Waals surface area contributed by atoms with Gasteiger partial charge in [0.05, 0.1) is 5.39 Å². The lowest BCUT2D eigenvalue weighted by molar-refractivity contribution is -0.274. The van der Waals surface area contributed by atoms with Crippen molar-refractivity contribution in [1.29, 1.82) is 0 Å². The number of fused-ring (bicyclic) bond motifs is 1. The van der Waals surface area contributed by atoms with E-state index >= 15 is 0 Å². The minimum atomic E-state index is -4.69. The first-order valence-electron chi connectivity index (χ1n) is 8.45. The zero-order valence-corrected chi connectivity index (χ0v) is 14.8. The molecule has 9 heteroatoms. The van der Waals surface area contributed by atoms with Gasteiger partial charge in [-0.2, -0.15) is 4.98 Å². The van der Waals surface area contributed by atoms with Crippen LogP contribution in [0, 0.1) is 0 Å². The molecule has 1 aromatic carbocycles. The molecule has 2 N–H and O–H groups in total. The number of nitrogens with zero attached hydrogens (tertiary/aromatic N) is 3. The van der Waals surface area contributed by atoms with E-state index < -0.39 is 6.36 Å². The van der Waals surface area contributed by atoms with Crippen LogP contribution in [0.2, 0.25) is 5.28 Å². The first kappa shape index (κ1) is 17.9. The van der Waals surface area contributed by atoms with E-state index in [1.807, 2.05) is 22.9 Å². The number of rotatable bonds is 3. The number of ether oxygens (including phenoxy) is 1. The van der Waals surface area contributed by atoms with Crippen LogP contribution in [0.1, 0.15) is 36.8 Å². The standard InChI is InChI=1S/C18H16ClF3N4O/c19-17-24-15(23)14-6-7-26(16(14)25-17)12-5-4-11(8-12)10-2-1-3-13(9-10)27-18(20,21)22/h1-3,6-7,9,11-12H,4-5,8H2,(H2,23,24,25). The number of benzene rings is 1. The highest BCUT2D eigenvalue weighted by Gasteiger charge is 2.32. The minimum Gasteiger partial charge on any atom is -0.406 e. The Labute approximate surface area is 157 Å². The first-order valence-corrected chi connectivity index (χ1v) is 8.83. The van der Waals surface area contributed by atoms with Crippen LogP contribution in [0.25, 0.3) is 11.0 Å². The quantitative estimate of drug-likeness (QED) is 0.627. The summed E-state index contributed by atoms with van der Waals surface area (Å²) in [5.74, 6) is 0.274. The van der Waals surface area contributed by atoms with E-state index in [1.54, 1.807) is 6.07 Å². The molecule has 2 unspecified atom stereocenters. The Morgan fingerprint density at radius 2 is 2.00 bits per heavy atom. The molecule has 2 heterocycles. The lowest BCUT2D eigenvalue weighted by Gasteiger charge is -2.16. The highest BCUT2D eigenvalue weighted by Crippen LogP contribution is 2.43. The minimum absolute atomic E-state index is 0.0893. The predicted octanol–water partition coefficient (Wildman–Crippen LogP) is 5.07. The molecule has 0 radical (unpaired) electrons. The van der Waals surface area contributed by atoms with Gasteiger partial charge in [0.25, 0.3) is 0 Å². The fourth-order valence-corrected chi connectivity index (χ4v) is 3.97. The largest absolute Gasteiger partial charge is 0.573 e. The Kier molecular flexibility index (Phi) is 4.38. The van der Waals surface area contributed by atoms with Crippen LogP contribution >= 0.6 is 11.6 Å². The van der Waals surface area contributed by atoms with Gasteiger partial charge in [-0.3, -0.25) is 0 Å². The molecule has 27 heavy (non-hydrogen) atoms. The molecular weight excluding hydrogens is 381 g/mol. The number of alkyl halides is 3. The van der Waals surface area contributed by atoms with Crippen LogP contribution < -0.4 is 10.5 Å². The van der Waals surface area contributed by atoms with Crippen LogP contribution in [0.4, 0.5) is 19.0 Å². The van der Waals surface area contributed by atoms with E-state index in [1.165, 1.54) is 12.1 Å². The van der Waals surface area contributed by atoms with Gasteiger partial charge in [0, 0.05) is 12.2 Å². The van der Waals surface area contributed by atoms with E-state index in [0.29, 0.717) is 11.5 Å². The SMILES string of the molecule is Nc1nc(Cl)nc2c1ccn2C1CCC(c2cccc(OC(F)(F)F)c2)C1. The topological polar surface area (TPSA) is 66.0 Å². The molecule has 0 aliphatic heterocycles. The number of hydrogen-bond donors (Lipinski definition) is 1. The number of nitrogens with two attached hydrogens (primary N) is 1. The zero-order valence-electron chi connectivity index (χ0n) is 14.1. The van der Waals surface area contributed by atoms with E-state index in [-0.39, 0.29) is 23.0 Å². The van der Waals surface area contributed by atoms with Crippen molar-refractivity contribution in [3.05, 3.63) is 47.4 Å². The maximum absolute atomic E-state index is 12.5. The molecule has 1 saturated carbocycles. The van der Waals surface area contributed by atoms with Crippen LogP contribution in [0.15, 0.2) is 36.5 Å². The molecule has 5 nitrogen and oxygen atoms in total. The Hall–Kier alpha value is -2.48. The van der Waals surface area contributed by atoms with Gasteiger partial charge in [-0.05, 0) is 60.5 Å². The third-order valence-electron chi connectivity index (χ3n) is 4.94. The summed E-state index contributed by atoms with van der Waals surface area (Å²) in [7, 11) is 0. The van der Waals surface area contributed by atoms with Crippen molar-refractivity contribution in [2.75, 3.05) is 5.73 Å². The van der Waals surface area contributed by atoms with Crippen molar-refractivity contribution in [2.24, 2.45) is 0 Å². The second kappa shape index (κ2) is 6.60. The second-order valence-corrected chi connectivity index (χ2v) is 6.96. The highest BCUT2D eigenvalue weighted by atomic mass is 35.5. The predicted molar refractivity (Wildman–Crippen MR) is 95.7 cm³/mol. The Bertz CT molecular complexity index is 988. The monoisotopic (exact) mass is 396 g/mol. The van der Waals surface area contributed by atoms with Gasteiger partial charge in [-0.15, -0.1) is 13.2 Å². The number of anilines is 1. The highest BCUT2D eigenvalue weighted by molar-refractivity contribution is 6.28. The third-order valence-corrected chi connectivity index (χ3v) is 5.10. The average molecular weight is 397 g/mol.